The van der Waals surface area contributed by atoms with Gasteiger partial charge in [-0.3, -0.25) is 5.10 Å². The number of hydrogen-bond acceptors (Lipinski definition) is 5. The average Bonchev–Trinajstić information content (AvgIpc) is 2.98. The molecular formula is C13H19N5O2S. The Bertz CT molecular complexity index is 670. The molecular weight excluding hydrogens is 290 g/mol. The van der Waals surface area contributed by atoms with E-state index in [0.717, 1.165) is 12.0 Å². The molecule has 2 aromatic heterocycles. The van der Waals surface area contributed by atoms with Crippen molar-refractivity contribution in [3.63, 3.8) is 0 Å². The first kappa shape index (κ1) is 15.5. The quantitative estimate of drug-likeness (QED) is 0.807. The topological polar surface area (TPSA) is 91.0 Å². The van der Waals surface area contributed by atoms with Crippen molar-refractivity contribution in [1.29, 1.82) is 0 Å². The molecule has 2 rings (SSSR count). The summed E-state index contributed by atoms with van der Waals surface area (Å²) in [5.41, 5.74) is 0.799. The zero-order valence-electron chi connectivity index (χ0n) is 12.1. The van der Waals surface area contributed by atoms with E-state index in [2.05, 4.69) is 20.5 Å². The summed E-state index contributed by atoms with van der Waals surface area (Å²) >= 11 is 0. The summed E-state index contributed by atoms with van der Waals surface area (Å²) in [6.07, 6.45) is 5.74. The third kappa shape index (κ3) is 3.59. The number of sulfonamides is 1. The molecule has 2 aromatic rings. The number of anilines is 1. The van der Waals surface area contributed by atoms with Crippen LogP contribution in [-0.4, -0.2) is 41.5 Å². The van der Waals surface area contributed by atoms with Gasteiger partial charge in [-0.2, -0.15) is 9.40 Å². The lowest BCUT2D eigenvalue weighted by atomic mass is 10.4. The number of hydrogen-bond donors (Lipinski definition) is 2. The van der Waals surface area contributed by atoms with Crippen LogP contribution in [-0.2, 0) is 16.6 Å². The monoisotopic (exact) mass is 309 g/mol. The summed E-state index contributed by atoms with van der Waals surface area (Å²) in [6, 6.07) is 3.18. The maximum atomic E-state index is 12.7. The Morgan fingerprint density at radius 3 is 2.90 bits per heavy atom. The minimum atomic E-state index is -3.61. The van der Waals surface area contributed by atoms with Gasteiger partial charge < -0.3 is 5.32 Å². The summed E-state index contributed by atoms with van der Waals surface area (Å²) in [4.78, 5) is 4.31. The van der Waals surface area contributed by atoms with Crippen LogP contribution in [0.4, 0.5) is 5.82 Å². The Kier molecular flexibility index (Phi) is 4.92. The molecule has 0 aliphatic rings. The maximum Gasteiger partial charge on any atom is 0.246 e. The van der Waals surface area contributed by atoms with Crippen LogP contribution in [0.5, 0.6) is 0 Å². The Labute approximate surface area is 124 Å². The van der Waals surface area contributed by atoms with Gasteiger partial charge in [-0.25, -0.2) is 13.4 Å². The van der Waals surface area contributed by atoms with Crippen LogP contribution in [0.3, 0.4) is 0 Å². The second kappa shape index (κ2) is 6.68. The zero-order chi connectivity index (χ0) is 15.3. The number of H-pyrrole nitrogens is 1. The molecule has 0 radical (unpaired) electrons. The third-order valence-corrected chi connectivity index (χ3v) is 4.80. The summed E-state index contributed by atoms with van der Waals surface area (Å²) in [6.45, 7) is 2.93. The molecule has 0 spiro atoms. The molecule has 0 fully saturated rings. The molecule has 0 saturated carbocycles. The van der Waals surface area contributed by atoms with Gasteiger partial charge >= 0.3 is 0 Å². The molecule has 0 unspecified atom stereocenters. The highest BCUT2D eigenvalue weighted by atomic mass is 32.2. The van der Waals surface area contributed by atoms with Gasteiger partial charge in [-0.05, 0) is 18.6 Å². The summed E-state index contributed by atoms with van der Waals surface area (Å²) in [5.74, 6) is 0.387. The summed E-state index contributed by atoms with van der Waals surface area (Å²) < 4.78 is 26.6. The molecule has 0 aromatic carbocycles. The average molecular weight is 309 g/mol. The molecule has 0 atom stereocenters. The maximum absolute atomic E-state index is 12.7. The van der Waals surface area contributed by atoms with E-state index in [-0.39, 0.29) is 11.4 Å². The molecule has 2 heterocycles. The van der Waals surface area contributed by atoms with Crippen LogP contribution in [0, 0.1) is 0 Å². The normalized spacial score (nSPS) is 11.8. The highest BCUT2D eigenvalue weighted by Crippen LogP contribution is 2.22. The van der Waals surface area contributed by atoms with Crippen LogP contribution < -0.4 is 5.32 Å². The van der Waals surface area contributed by atoms with Gasteiger partial charge in [0.1, 0.15) is 10.7 Å². The third-order valence-electron chi connectivity index (χ3n) is 2.96. The lowest BCUT2D eigenvalue weighted by Gasteiger charge is -2.18. The highest BCUT2D eigenvalue weighted by Gasteiger charge is 2.24. The largest absolute Gasteiger partial charge is 0.369 e. The van der Waals surface area contributed by atoms with Crippen molar-refractivity contribution < 1.29 is 8.42 Å². The predicted molar refractivity (Wildman–Crippen MR) is 80.3 cm³/mol. The molecule has 8 heteroatoms. The number of nitrogens with one attached hydrogen (secondary N) is 2. The van der Waals surface area contributed by atoms with E-state index in [1.54, 1.807) is 37.8 Å². The van der Waals surface area contributed by atoms with Gasteiger partial charge in [0.25, 0.3) is 0 Å². The predicted octanol–water partition coefficient (Wildman–Crippen LogP) is 1.45. The van der Waals surface area contributed by atoms with Crippen molar-refractivity contribution in [2.75, 3.05) is 18.9 Å². The number of aromatic nitrogens is 3. The molecule has 0 aliphatic carbocycles. The molecule has 7 nitrogen and oxygen atoms in total. The Morgan fingerprint density at radius 2 is 2.24 bits per heavy atom. The van der Waals surface area contributed by atoms with Crippen molar-refractivity contribution >= 4 is 15.8 Å². The van der Waals surface area contributed by atoms with E-state index in [1.165, 1.54) is 4.31 Å². The van der Waals surface area contributed by atoms with Gasteiger partial charge in [0.2, 0.25) is 10.0 Å². The number of aromatic amines is 1. The van der Waals surface area contributed by atoms with Crippen LogP contribution in [0.1, 0.15) is 18.9 Å². The first-order valence-corrected chi connectivity index (χ1v) is 8.12. The standard InChI is InChI=1S/C13H19N5O2S/c1-3-6-14-13-12(5-4-7-15-13)21(19,20)18(2)10-11-8-16-17-9-11/h4-5,7-9H,3,6,10H2,1-2H3,(H,14,15)(H,16,17). The minimum Gasteiger partial charge on any atom is -0.369 e. The van der Waals surface area contributed by atoms with Crippen LogP contribution >= 0.6 is 0 Å². The first-order valence-electron chi connectivity index (χ1n) is 6.68. The summed E-state index contributed by atoms with van der Waals surface area (Å²) in [5, 5.41) is 9.53. The molecule has 0 aliphatic heterocycles. The van der Waals surface area contributed by atoms with E-state index < -0.39 is 10.0 Å². The zero-order valence-corrected chi connectivity index (χ0v) is 12.9. The molecule has 2 N–H and O–H groups in total. The lowest BCUT2D eigenvalue weighted by Crippen LogP contribution is -2.27. The van der Waals surface area contributed by atoms with E-state index in [4.69, 9.17) is 0 Å². The van der Waals surface area contributed by atoms with Gasteiger partial charge in [-0.15, -0.1) is 0 Å². The van der Waals surface area contributed by atoms with Gasteiger partial charge in [0, 0.05) is 38.1 Å². The van der Waals surface area contributed by atoms with E-state index in [0.29, 0.717) is 12.4 Å². The second-order valence-electron chi connectivity index (χ2n) is 4.64. The Morgan fingerprint density at radius 1 is 1.43 bits per heavy atom. The van der Waals surface area contributed by atoms with Crippen molar-refractivity contribution in [2.24, 2.45) is 0 Å². The molecule has 0 saturated heterocycles. The van der Waals surface area contributed by atoms with Crippen molar-refractivity contribution in [1.82, 2.24) is 19.5 Å². The number of rotatable bonds is 7. The number of pyridine rings is 1. The molecule has 21 heavy (non-hydrogen) atoms. The Balaban J connectivity index is 2.26. The lowest BCUT2D eigenvalue weighted by molar-refractivity contribution is 0.467. The Hall–Kier alpha value is -1.93. The van der Waals surface area contributed by atoms with E-state index in [9.17, 15) is 8.42 Å². The fourth-order valence-corrected chi connectivity index (χ4v) is 3.12. The van der Waals surface area contributed by atoms with E-state index in [1.807, 2.05) is 6.92 Å². The molecule has 0 amide bonds. The first-order chi connectivity index (χ1) is 10.1. The minimum absolute atomic E-state index is 0.185. The molecule has 114 valence electrons. The summed E-state index contributed by atoms with van der Waals surface area (Å²) in [7, 11) is -2.07. The van der Waals surface area contributed by atoms with Gasteiger partial charge in [-0.1, -0.05) is 6.92 Å². The van der Waals surface area contributed by atoms with Gasteiger partial charge in [0.05, 0.1) is 6.20 Å². The van der Waals surface area contributed by atoms with Crippen molar-refractivity contribution in [3.8, 4) is 0 Å². The van der Waals surface area contributed by atoms with Crippen LogP contribution in [0.2, 0.25) is 0 Å². The van der Waals surface area contributed by atoms with E-state index >= 15 is 0 Å². The van der Waals surface area contributed by atoms with Gasteiger partial charge in [0.15, 0.2) is 0 Å². The smallest absolute Gasteiger partial charge is 0.246 e. The SMILES string of the molecule is CCCNc1ncccc1S(=O)(=O)N(C)Cc1cn[nH]c1. The number of nitrogens with zero attached hydrogens (tertiary/aromatic N) is 3. The molecule has 0 bridgehead atoms. The fraction of sp³-hybridized carbons (Fsp3) is 0.385. The second-order valence-corrected chi connectivity index (χ2v) is 6.66. The fourth-order valence-electron chi connectivity index (χ4n) is 1.85. The van der Waals surface area contributed by atoms with Crippen LogP contribution in [0.15, 0.2) is 35.6 Å². The van der Waals surface area contributed by atoms with Crippen LogP contribution in [0.25, 0.3) is 0 Å². The van der Waals surface area contributed by atoms with Crippen molar-refractivity contribution in [2.45, 2.75) is 24.8 Å². The highest BCUT2D eigenvalue weighted by molar-refractivity contribution is 7.89. The van der Waals surface area contributed by atoms with Crippen molar-refractivity contribution in [3.05, 3.63) is 36.3 Å².